The van der Waals surface area contributed by atoms with E-state index in [9.17, 15) is 9.59 Å². The van der Waals surface area contributed by atoms with Gasteiger partial charge in [-0.2, -0.15) is 0 Å². The largest absolute Gasteiger partial charge is 0.487 e. The first-order valence-corrected chi connectivity index (χ1v) is 9.08. The Labute approximate surface area is 166 Å². The minimum Gasteiger partial charge on any atom is -0.487 e. The number of hydrogen-bond acceptors (Lipinski definition) is 5. The lowest BCUT2D eigenvalue weighted by Gasteiger charge is -2.08. The summed E-state index contributed by atoms with van der Waals surface area (Å²) in [5.41, 5.74) is 3.02. The van der Waals surface area contributed by atoms with E-state index in [-0.39, 0.29) is 18.1 Å². The average molecular weight is 389 g/mol. The highest BCUT2D eigenvalue weighted by Crippen LogP contribution is 2.18. The summed E-state index contributed by atoms with van der Waals surface area (Å²) in [6.07, 6.45) is 0. The molecule has 0 unspecified atom stereocenters. The van der Waals surface area contributed by atoms with Crippen molar-refractivity contribution in [3.8, 4) is 5.75 Å². The molecule has 1 amide bonds. The zero-order chi connectivity index (χ0) is 20.4. The Bertz CT molecular complexity index is 1220. The van der Waals surface area contributed by atoms with Crippen LogP contribution in [0.25, 0.3) is 5.65 Å². The van der Waals surface area contributed by atoms with Gasteiger partial charge in [0.2, 0.25) is 0 Å². The SMILES string of the molecule is Cc1ccc(C(=O)Nc2ccc(OCc3cc(=O)n4oc(C)cc4n3)cc2)cc1. The van der Waals surface area contributed by atoms with Crippen molar-refractivity contribution in [3.63, 3.8) is 0 Å². The zero-order valence-corrected chi connectivity index (χ0v) is 16.0. The van der Waals surface area contributed by atoms with Crippen molar-refractivity contribution in [2.24, 2.45) is 0 Å². The minimum atomic E-state index is -0.295. The Kier molecular flexibility index (Phi) is 4.87. The molecular formula is C22H19N3O4. The molecule has 4 aromatic rings. The molecule has 0 saturated heterocycles. The Morgan fingerprint density at radius 3 is 2.52 bits per heavy atom. The molecule has 0 aliphatic rings. The Balaban J connectivity index is 1.40. The summed E-state index contributed by atoms with van der Waals surface area (Å²) in [4.78, 5) is 28.7. The van der Waals surface area contributed by atoms with Crippen LogP contribution in [0.3, 0.4) is 0 Å². The number of anilines is 1. The van der Waals surface area contributed by atoms with Crippen LogP contribution >= 0.6 is 0 Å². The van der Waals surface area contributed by atoms with Gasteiger partial charge in [-0.3, -0.25) is 9.59 Å². The summed E-state index contributed by atoms with van der Waals surface area (Å²) in [6, 6.07) is 17.4. The number of amides is 1. The molecule has 0 bridgehead atoms. The van der Waals surface area contributed by atoms with Gasteiger partial charge in [0.1, 0.15) is 18.1 Å². The normalized spacial score (nSPS) is 10.8. The number of rotatable bonds is 5. The highest BCUT2D eigenvalue weighted by molar-refractivity contribution is 6.04. The fourth-order valence-electron chi connectivity index (χ4n) is 2.85. The van der Waals surface area contributed by atoms with E-state index in [1.54, 1.807) is 49.4 Å². The van der Waals surface area contributed by atoms with Gasteiger partial charge in [0, 0.05) is 23.4 Å². The molecule has 0 spiro atoms. The Morgan fingerprint density at radius 2 is 1.79 bits per heavy atom. The van der Waals surface area contributed by atoms with Crippen LogP contribution in [-0.2, 0) is 6.61 Å². The smallest absolute Gasteiger partial charge is 0.287 e. The van der Waals surface area contributed by atoms with Crippen molar-refractivity contribution in [1.82, 2.24) is 9.56 Å². The van der Waals surface area contributed by atoms with E-state index in [4.69, 9.17) is 9.26 Å². The van der Waals surface area contributed by atoms with Crippen LogP contribution < -0.4 is 15.6 Å². The van der Waals surface area contributed by atoms with Crippen LogP contribution in [0.5, 0.6) is 5.75 Å². The second-order valence-electron chi connectivity index (χ2n) is 6.72. The van der Waals surface area contributed by atoms with E-state index in [0.717, 1.165) is 10.1 Å². The molecule has 2 aromatic heterocycles. The average Bonchev–Trinajstić information content (AvgIpc) is 3.09. The third-order valence-corrected chi connectivity index (χ3v) is 4.34. The van der Waals surface area contributed by atoms with E-state index >= 15 is 0 Å². The van der Waals surface area contributed by atoms with Crippen molar-refractivity contribution in [2.75, 3.05) is 5.32 Å². The molecule has 0 atom stereocenters. The van der Waals surface area contributed by atoms with E-state index in [1.807, 2.05) is 19.1 Å². The monoisotopic (exact) mass is 389 g/mol. The van der Waals surface area contributed by atoms with Crippen LogP contribution in [0.15, 0.2) is 70.0 Å². The van der Waals surface area contributed by atoms with Gasteiger partial charge >= 0.3 is 0 Å². The number of aryl methyl sites for hydroxylation is 2. The van der Waals surface area contributed by atoms with E-state index in [1.165, 1.54) is 6.07 Å². The predicted octanol–water partition coefficient (Wildman–Crippen LogP) is 3.74. The lowest BCUT2D eigenvalue weighted by Crippen LogP contribution is -2.14. The predicted molar refractivity (Wildman–Crippen MR) is 108 cm³/mol. The van der Waals surface area contributed by atoms with E-state index in [0.29, 0.717) is 34.1 Å². The van der Waals surface area contributed by atoms with Crippen LogP contribution in [0, 0.1) is 13.8 Å². The molecule has 4 rings (SSSR count). The summed E-state index contributed by atoms with van der Waals surface area (Å²) in [7, 11) is 0. The summed E-state index contributed by atoms with van der Waals surface area (Å²) in [5, 5.41) is 2.85. The molecule has 1 N–H and O–H groups in total. The fourth-order valence-corrected chi connectivity index (χ4v) is 2.85. The van der Waals surface area contributed by atoms with Crippen molar-refractivity contribution in [2.45, 2.75) is 20.5 Å². The summed E-state index contributed by atoms with van der Waals surface area (Å²) in [6.45, 7) is 3.87. The second-order valence-corrected chi connectivity index (χ2v) is 6.72. The highest BCUT2D eigenvalue weighted by atomic mass is 16.5. The van der Waals surface area contributed by atoms with Gasteiger partial charge in [-0.25, -0.2) is 4.98 Å². The van der Waals surface area contributed by atoms with E-state index in [2.05, 4.69) is 10.3 Å². The minimum absolute atomic E-state index is 0.144. The van der Waals surface area contributed by atoms with Crippen LogP contribution in [0.4, 0.5) is 5.69 Å². The molecule has 0 saturated carbocycles. The maximum atomic E-state index is 12.3. The second kappa shape index (κ2) is 7.63. The standard InChI is InChI=1S/C22H19N3O4/c1-14-3-5-16(6-4-14)22(27)24-17-7-9-19(10-8-17)28-13-18-12-21(26)25-20(23-18)11-15(2)29-25/h3-12H,13H2,1-2H3,(H,24,27). The number of benzene rings is 2. The molecule has 0 aliphatic heterocycles. The van der Waals surface area contributed by atoms with Crippen LogP contribution in [0.2, 0.25) is 0 Å². The number of hydrogen-bond donors (Lipinski definition) is 1. The third kappa shape index (κ3) is 4.19. The van der Waals surface area contributed by atoms with Crippen molar-refractivity contribution < 1.29 is 14.1 Å². The number of fused-ring (bicyclic) bond motifs is 1. The van der Waals surface area contributed by atoms with Crippen LogP contribution in [0.1, 0.15) is 27.4 Å². The molecule has 2 aromatic carbocycles. The Hall–Kier alpha value is -3.87. The number of nitrogens with one attached hydrogen (secondary N) is 1. The first kappa shape index (κ1) is 18.5. The van der Waals surface area contributed by atoms with E-state index < -0.39 is 0 Å². The van der Waals surface area contributed by atoms with Gasteiger partial charge in [0.15, 0.2) is 5.65 Å². The van der Waals surface area contributed by atoms with Gasteiger partial charge in [-0.1, -0.05) is 17.7 Å². The Morgan fingerprint density at radius 1 is 1.07 bits per heavy atom. The number of aromatic nitrogens is 2. The first-order chi connectivity index (χ1) is 14.0. The molecule has 7 nitrogen and oxygen atoms in total. The molecule has 7 heteroatoms. The molecule has 0 aliphatic carbocycles. The topological polar surface area (TPSA) is 85.8 Å². The van der Waals surface area contributed by atoms with Gasteiger partial charge in [0.05, 0.1) is 5.69 Å². The highest BCUT2D eigenvalue weighted by Gasteiger charge is 2.08. The molecule has 2 heterocycles. The van der Waals surface area contributed by atoms with Crippen molar-refractivity contribution in [1.29, 1.82) is 0 Å². The zero-order valence-electron chi connectivity index (χ0n) is 16.0. The van der Waals surface area contributed by atoms with Gasteiger partial charge in [0.25, 0.3) is 11.5 Å². The van der Waals surface area contributed by atoms with Crippen LogP contribution in [-0.4, -0.2) is 15.5 Å². The molecule has 0 fully saturated rings. The summed E-state index contributed by atoms with van der Waals surface area (Å²) < 4.78 is 12.1. The summed E-state index contributed by atoms with van der Waals surface area (Å²) in [5.74, 6) is 1.03. The maximum Gasteiger partial charge on any atom is 0.287 e. The molecular weight excluding hydrogens is 370 g/mol. The van der Waals surface area contributed by atoms with Gasteiger partial charge in [-0.15, -0.1) is 4.57 Å². The maximum absolute atomic E-state index is 12.3. The number of nitrogens with zero attached hydrogens (tertiary/aromatic N) is 2. The third-order valence-electron chi connectivity index (χ3n) is 4.34. The van der Waals surface area contributed by atoms with Gasteiger partial charge in [-0.05, 0) is 50.2 Å². The first-order valence-electron chi connectivity index (χ1n) is 9.08. The van der Waals surface area contributed by atoms with Crippen molar-refractivity contribution in [3.05, 3.63) is 93.6 Å². The van der Waals surface area contributed by atoms with Gasteiger partial charge < -0.3 is 14.6 Å². The molecule has 29 heavy (non-hydrogen) atoms. The quantitative estimate of drug-likeness (QED) is 0.562. The lowest BCUT2D eigenvalue weighted by molar-refractivity contribution is 0.102. The fraction of sp³-hybridized carbons (Fsp3) is 0.136. The summed E-state index contributed by atoms with van der Waals surface area (Å²) >= 11 is 0. The van der Waals surface area contributed by atoms with Crippen molar-refractivity contribution >= 4 is 17.2 Å². The number of ether oxygens (including phenoxy) is 1. The number of carbonyl (C=O) groups excluding carboxylic acids is 1. The molecule has 0 radical (unpaired) electrons. The molecule has 146 valence electrons. The lowest BCUT2D eigenvalue weighted by atomic mass is 10.1. The number of carbonyl (C=O) groups is 1.